The normalized spacial score (nSPS) is 23.4. The molecule has 34 heavy (non-hydrogen) atoms. The molecule has 5 nitrogen and oxygen atoms in total. The van der Waals surface area contributed by atoms with Crippen LogP contribution in [0, 0.1) is 17.8 Å². The number of alkyl halides is 5. The van der Waals surface area contributed by atoms with E-state index in [1.807, 2.05) is 0 Å². The van der Waals surface area contributed by atoms with Crippen molar-refractivity contribution in [3.8, 4) is 0 Å². The summed E-state index contributed by atoms with van der Waals surface area (Å²) >= 11 is 0. The Kier molecular flexibility index (Phi) is 10.0. The summed E-state index contributed by atoms with van der Waals surface area (Å²) in [5.74, 6) is -4.84. The van der Waals surface area contributed by atoms with Gasteiger partial charge >= 0.3 is 12.1 Å². The molecule has 0 aromatic heterocycles. The lowest BCUT2D eigenvalue weighted by Crippen LogP contribution is -2.49. The fraction of sp³-hybridized carbons (Fsp3) is 0.696. The largest absolute Gasteiger partial charge is 0.498 e. The van der Waals surface area contributed by atoms with Crippen LogP contribution in [0.4, 0.5) is 26.3 Å². The third kappa shape index (κ3) is 8.04. The topological polar surface area (TPSA) is 61.8 Å². The molecule has 1 aliphatic heterocycles. The number of carbonyl (C=O) groups excluding carboxylic acids is 1. The number of aliphatic hydroxyl groups is 1. The maximum atomic E-state index is 14.3. The van der Waals surface area contributed by atoms with Gasteiger partial charge in [0.05, 0.1) is 31.1 Å². The van der Waals surface area contributed by atoms with Gasteiger partial charge < -0.3 is 15.2 Å². The van der Waals surface area contributed by atoms with Crippen LogP contribution in [0.1, 0.15) is 32.6 Å². The number of halogens is 6. The van der Waals surface area contributed by atoms with Crippen LogP contribution in [0.25, 0.3) is 0 Å². The zero-order chi connectivity index (χ0) is 25.5. The summed E-state index contributed by atoms with van der Waals surface area (Å²) in [5, 5.41) is 11.1. The van der Waals surface area contributed by atoms with Gasteiger partial charge in [-0.15, -0.1) is 0 Å². The number of amides is 1. The fourth-order valence-electron chi connectivity index (χ4n) is 4.32. The molecule has 1 saturated carbocycles. The molecular weight excluding hydrogens is 466 g/mol. The van der Waals surface area contributed by atoms with Gasteiger partial charge in [-0.2, -0.15) is 22.0 Å². The van der Waals surface area contributed by atoms with Gasteiger partial charge in [-0.05, 0) is 63.5 Å². The molecule has 0 aromatic carbocycles. The lowest BCUT2D eigenvalue weighted by atomic mass is 9.90. The average Bonchev–Trinajstić information content (AvgIpc) is 3.51. The van der Waals surface area contributed by atoms with E-state index in [1.165, 1.54) is 4.90 Å². The lowest BCUT2D eigenvalue weighted by molar-refractivity contribution is -0.287. The second-order valence-electron chi connectivity index (χ2n) is 8.81. The van der Waals surface area contributed by atoms with Gasteiger partial charge in [0.2, 0.25) is 0 Å². The van der Waals surface area contributed by atoms with Crippen LogP contribution in [-0.2, 0) is 9.53 Å². The van der Waals surface area contributed by atoms with Gasteiger partial charge in [0.25, 0.3) is 5.91 Å². The van der Waals surface area contributed by atoms with Crippen LogP contribution in [-0.4, -0.2) is 67.4 Å². The first-order valence-electron chi connectivity index (χ1n) is 11.3. The van der Waals surface area contributed by atoms with Crippen LogP contribution < -0.4 is 5.32 Å². The number of carbonyl (C=O) groups is 1. The van der Waals surface area contributed by atoms with E-state index in [4.69, 9.17) is 9.84 Å². The predicted octanol–water partition coefficient (Wildman–Crippen LogP) is 4.36. The van der Waals surface area contributed by atoms with E-state index in [2.05, 4.69) is 11.9 Å². The Labute approximate surface area is 195 Å². The minimum absolute atomic E-state index is 0.00966. The summed E-state index contributed by atoms with van der Waals surface area (Å²) in [6, 6.07) is 0. The molecule has 1 heterocycles. The molecule has 1 saturated heterocycles. The highest BCUT2D eigenvalue weighted by Gasteiger charge is 2.58. The maximum Gasteiger partial charge on any atom is 0.454 e. The van der Waals surface area contributed by atoms with Crippen LogP contribution in [0.2, 0.25) is 0 Å². The Morgan fingerprint density at radius 2 is 1.88 bits per heavy atom. The Bertz CT molecular complexity index is 773. The molecule has 0 bridgehead atoms. The molecule has 2 atom stereocenters. The molecule has 11 heteroatoms. The highest BCUT2D eigenvalue weighted by atomic mass is 19.4. The highest BCUT2D eigenvalue weighted by molar-refractivity contribution is 5.96. The van der Waals surface area contributed by atoms with E-state index < -0.39 is 30.4 Å². The number of nitrogens with zero attached hydrogens (tertiary/aromatic N) is 1. The van der Waals surface area contributed by atoms with Gasteiger partial charge in [0.1, 0.15) is 5.83 Å². The zero-order valence-electron chi connectivity index (χ0n) is 19.1. The molecule has 0 aromatic rings. The van der Waals surface area contributed by atoms with Crippen LogP contribution >= 0.6 is 0 Å². The van der Waals surface area contributed by atoms with Gasteiger partial charge in [-0.1, -0.05) is 12.7 Å². The molecule has 194 valence electrons. The summed E-state index contributed by atoms with van der Waals surface area (Å²) < 4.78 is 83.5. The molecule has 2 rings (SSSR count). The molecule has 1 amide bonds. The second kappa shape index (κ2) is 12.1. The van der Waals surface area contributed by atoms with Gasteiger partial charge in [0, 0.05) is 12.6 Å². The first kappa shape index (κ1) is 28.2. The number of allylic oxidation sites excluding steroid dienone is 3. The molecule has 0 radical (unpaired) electrons. The summed E-state index contributed by atoms with van der Waals surface area (Å²) in [6.07, 6.45) is -0.506. The van der Waals surface area contributed by atoms with Crippen molar-refractivity contribution in [1.29, 1.82) is 0 Å². The fourth-order valence-corrected chi connectivity index (χ4v) is 4.32. The number of piperidine rings is 1. The lowest BCUT2D eigenvalue weighted by Gasteiger charge is -2.34. The van der Waals surface area contributed by atoms with Crippen LogP contribution in [0.3, 0.4) is 0 Å². The predicted molar refractivity (Wildman–Crippen MR) is 115 cm³/mol. The van der Waals surface area contributed by atoms with Crippen LogP contribution in [0.5, 0.6) is 0 Å². The van der Waals surface area contributed by atoms with Crippen LogP contribution in [0.15, 0.2) is 35.9 Å². The van der Waals surface area contributed by atoms with Gasteiger partial charge in [-0.25, -0.2) is 4.39 Å². The molecule has 2 fully saturated rings. The average molecular weight is 499 g/mol. The van der Waals surface area contributed by atoms with E-state index in [-0.39, 0.29) is 37.6 Å². The van der Waals surface area contributed by atoms with E-state index in [0.29, 0.717) is 37.2 Å². The minimum atomic E-state index is -5.53. The van der Waals surface area contributed by atoms with Crippen molar-refractivity contribution < 1.29 is 41.0 Å². The zero-order valence-corrected chi connectivity index (χ0v) is 19.1. The summed E-state index contributed by atoms with van der Waals surface area (Å²) in [4.78, 5) is 13.0. The van der Waals surface area contributed by atoms with Crippen molar-refractivity contribution in [2.45, 2.75) is 44.7 Å². The summed E-state index contributed by atoms with van der Waals surface area (Å²) in [7, 11) is 0. The van der Waals surface area contributed by atoms with Crippen molar-refractivity contribution in [3.05, 3.63) is 35.9 Å². The van der Waals surface area contributed by atoms with E-state index >= 15 is 0 Å². The standard InChI is InChI=1S/C23H32F6N2O3/c1-3-18(21(33)30-7-10-32)20(24)12-15(2)34-11-6-17-13-19(17)16-4-8-31(9-5-16)14-22(25,26)23(27,28)29/h3,12,16-17,19,32H,1,4-11,13-14H2,2H3,(H,30,33)/b15-12+,20-18-/t17-,19-/m1/s1. The second-order valence-corrected chi connectivity index (χ2v) is 8.81. The smallest absolute Gasteiger partial charge is 0.454 e. The van der Waals surface area contributed by atoms with E-state index in [1.54, 1.807) is 6.92 Å². The first-order chi connectivity index (χ1) is 15.9. The van der Waals surface area contributed by atoms with E-state index in [0.717, 1.165) is 25.0 Å². The number of rotatable bonds is 12. The Morgan fingerprint density at radius 1 is 1.24 bits per heavy atom. The summed E-state index contributed by atoms with van der Waals surface area (Å²) in [6.45, 7) is 4.19. The van der Waals surface area contributed by atoms with Crippen molar-refractivity contribution in [1.82, 2.24) is 10.2 Å². The van der Waals surface area contributed by atoms with Crippen molar-refractivity contribution in [3.63, 3.8) is 0 Å². The number of hydrogen-bond donors (Lipinski definition) is 2. The van der Waals surface area contributed by atoms with Gasteiger partial charge in [-0.3, -0.25) is 9.69 Å². The minimum Gasteiger partial charge on any atom is -0.498 e. The molecule has 2 N–H and O–H groups in total. The summed E-state index contributed by atoms with van der Waals surface area (Å²) in [5.41, 5.74) is -0.266. The monoisotopic (exact) mass is 498 g/mol. The third-order valence-electron chi connectivity index (χ3n) is 6.30. The van der Waals surface area contributed by atoms with Gasteiger partial charge in [0.15, 0.2) is 0 Å². The molecular formula is C23H32F6N2O3. The molecule has 2 aliphatic rings. The molecule has 1 aliphatic carbocycles. The number of ether oxygens (including phenoxy) is 1. The number of likely N-dealkylation sites (tertiary alicyclic amines) is 1. The Hall–Kier alpha value is -2.01. The first-order valence-corrected chi connectivity index (χ1v) is 11.3. The van der Waals surface area contributed by atoms with Crippen molar-refractivity contribution >= 4 is 5.91 Å². The maximum absolute atomic E-state index is 14.3. The number of nitrogens with one attached hydrogen (secondary N) is 1. The van der Waals surface area contributed by atoms with E-state index in [9.17, 15) is 31.1 Å². The Morgan fingerprint density at radius 3 is 2.44 bits per heavy atom. The quantitative estimate of drug-likeness (QED) is 0.182. The number of hydrogen-bond acceptors (Lipinski definition) is 4. The molecule has 0 spiro atoms. The highest BCUT2D eigenvalue weighted by Crippen LogP contribution is 2.50. The third-order valence-corrected chi connectivity index (χ3v) is 6.30. The van der Waals surface area contributed by atoms with Crippen molar-refractivity contribution in [2.75, 3.05) is 39.4 Å². The number of aliphatic hydroxyl groups excluding tert-OH is 1. The molecule has 0 unspecified atom stereocenters. The van der Waals surface area contributed by atoms with Crippen molar-refractivity contribution in [2.24, 2.45) is 17.8 Å². The SMILES string of the molecule is C=C/C(C(=O)NCCO)=C(F)\C=C(/C)OCC[C@@H]1C[C@@H]1C1CCN(CC(F)(F)C(F)(F)F)CC1. The Balaban J connectivity index is 1.73.